The summed E-state index contributed by atoms with van der Waals surface area (Å²) < 4.78 is 0. The van der Waals surface area contributed by atoms with Gasteiger partial charge < -0.3 is 5.11 Å². The van der Waals surface area contributed by atoms with E-state index in [0.717, 1.165) is 43.9 Å². The molecule has 28 heavy (non-hydrogen) atoms. The molecule has 0 saturated heterocycles. The smallest absolute Gasteiger partial charge is 0.136 e. The number of aliphatic hydroxyl groups is 1. The van der Waals surface area contributed by atoms with E-state index < -0.39 is 0 Å². The van der Waals surface area contributed by atoms with Gasteiger partial charge in [0, 0.05) is 12.3 Å². The number of ketones is 1. The number of rotatable bonds is 10. The number of hydrogen-bond donors (Lipinski definition) is 1. The van der Waals surface area contributed by atoms with Crippen LogP contribution in [0.1, 0.15) is 89.5 Å². The van der Waals surface area contributed by atoms with E-state index in [1.165, 1.54) is 50.5 Å². The van der Waals surface area contributed by atoms with Gasteiger partial charge in [0.15, 0.2) is 0 Å². The molecule has 2 saturated carbocycles. The zero-order chi connectivity index (χ0) is 19.8. The van der Waals surface area contributed by atoms with Crippen LogP contribution in [0.5, 0.6) is 0 Å². The molecule has 0 aromatic heterocycles. The number of carbonyl (C=O) groups is 1. The van der Waals surface area contributed by atoms with Crippen LogP contribution >= 0.6 is 0 Å². The molecule has 2 nitrogen and oxygen atoms in total. The fourth-order valence-corrected chi connectivity index (χ4v) is 5.65. The van der Waals surface area contributed by atoms with Crippen molar-refractivity contribution in [2.24, 2.45) is 23.7 Å². The molecule has 156 valence electrons. The normalized spacial score (nSPS) is 27.0. The third kappa shape index (κ3) is 6.44. The molecule has 2 fully saturated rings. The van der Waals surface area contributed by atoms with Gasteiger partial charge in [0.05, 0.1) is 6.10 Å². The molecule has 5 atom stereocenters. The van der Waals surface area contributed by atoms with Crippen LogP contribution in [-0.2, 0) is 11.2 Å². The van der Waals surface area contributed by atoms with Gasteiger partial charge in [-0.2, -0.15) is 0 Å². The van der Waals surface area contributed by atoms with E-state index in [9.17, 15) is 9.90 Å². The van der Waals surface area contributed by atoms with Crippen molar-refractivity contribution in [3.05, 3.63) is 35.9 Å². The Hall–Kier alpha value is -1.15. The molecule has 0 radical (unpaired) electrons. The monoisotopic (exact) mass is 384 g/mol. The van der Waals surface area contributed by atoms with Crippen molar-refractivity contribution in [1.82, 2.24) is 0 Å². The number of benzene rings is 1. The summed E-state index contributed by atoms with van der Waals surface area (Å²) in [5, 5.41) is 10.7. The van der Waals surface area contributed by atoms with Crippen molar-refractivity contribution in [3.63, 3.8) is 0 Å². The van der Waals surface area contributed by atoms with Gasteiger partial charge in [-0.3, -0.25) is 4.79 Å². The Morgan fingerprint density at radius 3 is 2.54 bits per heavy atom. The summed E-state index contributed by atoms with van der Waals surface area (Å²) in [4.78, 5) is 12.4. The van der Waals surface area contributed by atoms with Crippen molar-refractivity contribution < 1.29 is 9.90 Å². The zero-order valence-electron chi connectivity index (χ0n) is 17.8. The minimum atomic E-state index is -0.115. The summed E-state index contributed by atoms with van der Waals surface area (Å²) in [5.41, 5.74) is 1.25. The summed E-state index contributed by atoms with van der Waals surface area (Å²) in [6.07, 6.45) is 15.0. The van der Waals surface area contributed by atoms with Gasteiger partial charge in [0.2, 0.25) is 0 Å². The summed E-state index contributed by atoms with van der Waals surface area (Å²) in [6.45, 7) is 2.06. The topological polar surface area (TPSA) is 37.3 Å². The third-order valence-corrected chi connectivity index (χ3v) is 7.48. The number of hydrogen-bond acceptors (Lipinski definition) is 2. The highest BCUT2D eigenvalue weighted by molar-refractivity contribution is 5.80. The molecular weight excluding hydrogens is 344 g/mol. The first-order valence-corrected chi connectivity index (χ1v) is 11.9. The molecule has 1 aromatic rings. The van der Waals surface area contributed by atoms with E-state index in [1.807, 2.05) is 18.2 Å². The number of Topliss-reactive ketones (excluding diaryl/α,β-unsaturated/α-hetero) is 1. The lowest BCUT2D eigenvalue weighted by Gasteiger charge is -2.40. The van der Waals surface area contributed by atoms with E-state index in [4.69, 9.17) is 0 Å². The Labute approximate surface area is 172 Å². The minimum absolute atomic E-state index is 0.110. The van der Waals surface area contributed by atoms with E-state index in [2.05, 4.69) is 19.1 Å². The highest BCUT2D eigenvalue weighted by Gasteiger charge is 2.34. The second-order valence-corrected chi connectivity index (χ2v) is 9.60. The van der Waals surface area contributed by atoms with Crippen LogP contribution in [-0.4, -0.2) is 17.0 Å². The molecule has 2 aliphatic carbocycles. The summed E-state index contributed by atoms with van der Waals surface area (Å²) in [5.74, 6) is 2.89. The van der Waals surface area contributed by atoms with Crippen LogP contribution in [0, 0.1) is 23.7 Å². The van der Waals surface area contributed by atoms with Crippen LogP contribution < -0.4 is 0 Å². The van der Waals surface area contributed by atoms with Crippen molar-refractivity contribution in [2.45, 2.75) is 96.5 Å². The van der Waals surface area contributed by atoms with Crippen LogP contribution in [0.2, 0.25) is 0 Å². The molecule has 5 unspecified atom stereocenters. The molecule has 0 amide bonds. The predicted octanol–water partition coefficient (Wildman–Crippen LogP) is 6.35. The van der Waals surface area contributed by atoms with E-state index in [0.29, 0.717) is 18.1 Å². The fraction of sp³-hybridized carbons (Fsp3) is 0.731. The van der Waals surface area contributed by atoms with Crippen molar-refractivity contribution in [1.29, 1.82) is 0 Å². The summed E-state index contributed by atoms with van der Waals surface area (Å²) in [6, 6.07) is 10.3. The first-order chi connectivity index (χ1) is 13.6. The lowest BCUT2D eigenvalue weighted by atomic mass is 9.66. The SMILES string of the molecule is CC(Cc1ccccc1)C(=O)CCCCCC(O)C1CCC2CCCCC2C1. The number of carbonyl (C=O) groups excluding carboxylic acids is 1. The molecular formula is C26H40O2. The molecule has 2 aliphatic rings. The number of fused-ring (bicyclic) bond motifs is 1. The lowest BCUT2D eigenvalue weighted by Crippen LogP contribution is -2.33. The molecule has 0 bridgehead atoms. The summed E-state index contributed by atoms with van der Waals surface area (Å²) in [7, 11) is 0. The average Bonchev–Trinajstić information content (AvgIpc) is 2.73. The highest BCUT2D eigenvalue weighted by Crippen LogP contribution is 2.44. The van der Waals surface area contributed by atoms with Crippen LogP contribution in [0.25, 0.3) is 0 Å². The Balaban J connectivity index is 1.27. The highest BCUT2D eigenvalue weighted by atomic mass is 16.3. The Morgan fingerprint density at radius 2 is 1.75 bits per heavy atom. The van der Waals surface area contributed by atoms with Crippen LogP contribution in [0.4, 0.5) is 0 Å². The van der Waals surface area contributed by atoms with Crippen molar-refractivity contribution >= 4 is 5.78 Å². The van der Waals surface area contributed by atoms with Gasteiger partial charge in [0.25, 0.3) is 0 Å². The molecule has 2 heteroatoms. The maximum absolute atomic E-state index is 12.4. The van der Waals surface area contributed by atoms with Crippen molar-refractivity contribution in [3.8, 4) is 0 Å². The van der Waals surface area contributed by atoms with E-state index in [1.54, 1.807) is 0 Å². The maximum Gasteiger partial charge on any atom is 0.136 e. The average molecular weight is 385 g/mol. The third-order valence-electron chi connectivity index (χ3n) is 7.48. The molecule has 3 rings (SSSR count). The summed E-state index contributed by atoms with van der Waals surface area (Å²) >= 11 is 0. The molecule has 0 spiro atoms. The van der Waals surface area contributed by atoms with E-state index in [-0.39, 0.29) is 12.0 Å². The van der Waals surface area contributed by atoms with E-state index >= 15 is 0 Å². The minimum Gasteiger partial charge on any atom is -0.393 e. The zero-order valence-corrected chi connectivity index (χ0v) is 17.8. The van der Waals surface area contributed by atoms with Crippen LogP contribution in [0.15, 0.2) is 30.3 Å². The molecule has 0 heterocycles. The second-order valence-electron chi connectivity index (χ2n) is 9.60. The van der Waals surface area contributed by atoms with Gasteiger partial charge in [-0.05, 0) is 61.8 Å². The van der Waals surface area contributed by atoms with Gasteiger partial charge in [-0.25, -0.2) is 0 Å². The molecule has 1 aromatic carbocycles. The largest absolute Gasteiger partial charge is 0.393 e. The van der Waals surface area contributed by atoms with Gasteiger partial charge in [-0.15, -0.1) is 0 Å². The Bertz CT molecular complexity index is 581. The van der Waals surface area contributed by atoms with Gasteiger partial charge in [0.1, 0.15) is 5.78 Å². The standard InChI is InChI=1S/C26H40O2/c1-20(18-21-10-4-2-5-11-21)25(27)14-6-3-7-15-26(28)24-17-16-22-12-8-9-13-23(22)19-24/h2,4-5,10-11,20,22-24,26,28H,3,6-9,12-19H2,1H3. The van der Waals surface area contributed by atoms with Gasteiger partial charge in [-0.1, -0.05) is 75.8 Å². The fourth-order valence-electron chi connectivity index (χ4n) is 5.65. The molecule has 0 aliphatic heterocycles. The molecule has 1 N–H and O–H groups in total. The maximum atomic E-state index is 12.4. The second kappa shape index (κ2) is 11.1. The number of aliphatic hydroxyl groups excluding tert-OH is 1. The Morgan fingerprint density at radius 1 is 1.00 bits per heavy atom. The van der Waals surface area contributed by atoms with Gasteiger partial charge >= 0.3 is 0 Å². The Kier molecular flexibility index (Phi) is 8.58. The first-order valence-electron chi connectivity index (χ1n) is 11.9. The van der Waals surface area contributed by atoms with Crippen molar-refractivity contribution in [2.75, 3.05) is 0 Å². The first kappa shape index (κ1) is 21.6. The quantitative estimate of drug-likeness (QED) is 0.477. The van der Waals surface area contributed by atoms with Crippen LogP contribution in [0.3, 0.4) is 0 Å². The predicted molar refractivity (Wildman–Crippen MR) is 116 cm³/mol. The lowest BCUT2D eigenvalue weighted by molar-refractivity contribution is -0.122. The number of unbranched alkanes of at least 4 members (excludes halogenated alkanes) is 2.